The number of rotatable bonds is 3. The van der Waals surface area contributed by atoms with Crippen molar-refractivity contribution >= 4 is 0 Å². The molecule has 0 spiro atoms. The van der Waals surface area contributed by atoms with Gasteiger partial charge in [-0.2, -0.15) is 0 Å². The number of ether oxygens (including phenoxy) is 1. The summed E-state index contributed by atoms with van der Waals surface area (Å²) in [7, 11) is 0. The fraction of sp³-hybridized carbons (Fsp3) is 0.625. The number of hydrogen-bond acceptors (Lipinski definition) is 1. The summed E-state index contributed by atoms with van der Waals surface area (Å²) in [6.45, 7) is 7.84. The van der Waals surface area contributed by atoms with E-state index < -0.39 is 0 Å². The van der Waals surface area contributed by atoms with Crippen molar-refractivity contribution in [3.8, 4) is 5.75 Å². The number of nitrogens with one attached hydrogen (secondary N) is 1. The van der Waals surface area contributed by atoms with Gasteiger partial charge in [-0.3, -0.25) is 0 Å². The van der Waals surface area contributed by atoms with E-state index in [4.69, 9.17) is 4.74 Å². The minimum Gasteiger partial charge on any atom is -0.493 e. The first-order valence-electron chi connectivity index (χ1n) is 7.81. The number of hydrogen-bond donors (Lipinski definition) is 2. The highest BCUT2D eigenvalue weighted by Gasteiger charge is 2.34. The van der Waals surface area contributed by atoms with Gasteiger partial charge in [-0.15, -0.1) is 0 Å². The van der Waals surface area contributed by atoms with Crippen molar-refractivity contribution < 1.29 is 15.0 Å². The van der Waals surface area contributed by atoms with Gasteiger partial charge in [-0.25, -0.2) is 0 Å². The molecule has 1 saturated heterocycles. The van der Waals surface area contributed by atoms with E-state index in [-0.39, 0.29) is 0 Å². The van der Waals surface area contributed by atoms with Gasteiger partial charge in [0.25, 0.3) is 0 Å². The molecule has 0 bridgehead atoms. The first-order valence-corrected chi connectivity index (χ1v) is 7.81. The number of likely N-dealkylation sites (tertiary alicyclic amines) is 1. The lowest BCUT2D eigenvalue weighted by Crippen LogP contribution is -3.16. The van der Waals surface area contributed by atoms with Gasteiger partial charge in [0.1, 0.15) is 18.8 Å². The summed E-state index contributed by atoms with van der Waals surface area (Å²) in [5.74, 6) is 1.14. The van der Waals surface area contributed by atoms with E-state index in [2.05, 4.69) is 30.4 Å². The van der Waals surface area contributed by atoms with Crippen LogP contribution in [0.25, 0.3) is 0 Å². The molecule has 104 valence electrons. The van der Waals surface area contributed by atoms with Gasteiger partial charge in [0.15, 0.2) is 6.04 Å². The molecule has 0 aliphatic carbocycles. The highest BCUT2D eigenvalue weighted by atomic mass is 16.5. The lowest BCUT2D eigenvalue weighted by Gasteiger charge is -2.34. The number of quaternary nitrogens is 2. The molecule has 1 atom stereocenters. The first-order chi connectivity index (χ1) is 9.40. The van der Waals surface area contributed by atoms with Crippen LogP contribution in [-0.4, -0.2) is 26.2 Å². The second kappa shape index (κ2) is 5.93. The molecule has 0 radical (unpaired) electrons. The van der Waals surface area contributed by atoms with Gasteiger partial charge in [0.05, 0.1) is 25.3 Å². The standard InChI is InChI=1S/C16H24N2O/c1-2-19-15-8-6-7-13-11-17-12-14(16(13)15)18-9-4-3-5-10-18/h6-8,14,17H,2-5,9-12H2,1H3/p+2/t14-/m0/s1. The normalized spacial score (nSPS) is 23.9. The molecule has 0 saturated carbocycles. The van der Waals surface area contributed by atoms with Crippen molar-refractivity contribution in [2.45, 2.75) is 38.8 Å². The molecule has 2 aliphatic rings. The minimum atomic E-state index is 0.631. The Balaban J connectivity index is 1.92. The molecule has 1 aromatic carbocycles. The second-order valence-electron chi connectivity index (χ2n) is 5.76. The highest BCUT2D eigenvalue weighted by molar-refractivity contribution is 5.42. The number of piperidine rings is 1. The smallest absolute Gasteiger partial charge is 0.167 e. The zero-order valence-electron chi connectivity index (χ0n) is 12.0. The third kappa shape index (κ3) is 2.63. The SMILES string of the molecule is CCOc1cccc2c1[C@@H]([NH+]1CCCCC1)C[NH2+]C2. The number of nitrogens with two attached hydrogens (primary N) is 1. The Hall–Kier alpha value is -1.06. The Morgan fingerprint density at radius 3 is 2.89 bits per heavy atom. The van der Waals surface area contributed by atoms with Crippen LogP contribution in [-0.2, 0) is 6.54 Å². The quantitative estimate of drug-likeness (QED) is 0.805. The van der Waals surface area contributed by atoms with Crippen LogP contribution in [0.3, 0.4) is 0 Å². The van der Waals surface area contributed by atoms with E-state index in [9.17, 15) is 0 Å². The summed E-state index contributed by atoms with van der Waals surface area (Å²) < 4.78 is 5.90. The van der Waals surface area contributed by atoms with Gasteiger partial charge >= 0.3 is 0 Å². The van der Waals surface area contributed by atoms with E-state index in [0.717, 1.165) is 18.9 Å². The summed E-state index contributed by atoms with van der Waals surface area (Å²) in [6, 6.07) is 7.21. The molecule has 0 unspecified atom stereocenters. The van der Waals surface area contributed by atoms with Crippen LogP contribution >= 0.6 is 0 Å². The largest absolute Gasteiger partial charge is 0.493 e. The Kier molecular flexibility index (Phi) is 4.04. The molecule has 3 heteroatoms. The van der Waals surface area contributed by atoms with Gasteiger partial charge in [-0.1, -0.05) is 12.1 Å². The van der Waals surface area contributed by atoms with Crippen molar-refractivity contribution in [1.29, 1.82) is 0 Å². The summed E-state index contributed by atoms with van der Waals surface area (Å²) in [5, 5.41) is 2.46. The summed E-state index contributed by atoms with van der Waals surface area (Å²) >= 11 is 0. The molecule has 1 aromatic rings. The average molecular weight is 262 g/mol. The molecule has 0 aromatic heterocycles. The molecule has 3 nitrogen and oxygen atoms in total. The maximum Gasteiger partial charge on any atom is 0.167 e. The number of fused-ring (bicyclic) bond motifs is 1. The zero-order valence-corrected chi connectivity index (χ0v) is 12.0. The molecule has 3 N–H and O–H groups in total. The molecular weight excluding hydrogens is 236 g/mol. The summed E-state index contributed by atoms with van der Waals surface area (Å²) in [4.78, 5) is 1.77. The fourth-order valence-electron chi connectivity index (χ4n) is 3.69. The van der Waals surface area contributed by atoms with Crippen molar-refractivity contribution in [2.24, 2.45) is 0 Å². The Bertz CT molecular complexity index is 427. The van der Waals surface area contributed by atoms with Crippen LogP contribution < -0.4 is 15.0 Å². The molecule has 2 aliphatic heterocycles. The highest BCUT2D eigenvalue weighted by Crippen LogP contribution is 2.28. The van der Waals surface area contributed by atoms with E-state index in [1.54, 1.807) is 4.90 Å². The molecular formula is C16H26N2O+2. The number of benzene rings is 1. The molecule has 1 fully saturated rings. The van der Waals surface area contributed by atoms with Gasteiger partial charge in [0.2, 0.25) is 0 Å². The van der Waals surface area contributed by atoms with Crippen molar-refractivity contribution in [3.63, 3.8) is 0 Å². The van der Waals surface area contributed by atoms with Crippen LogP contribution in [0.4, 0.5) is 0 Å². The van der Waals surface area contributed by atoms with Crippen molar-refractivity contribution in [2.75, 3.05) is 26.2 Å². The topological polar surface area (TPSA) is 30.3 Å². The van der Waals surface area contributed by atoms with Crippen LogP contribution in [0.5, 0.6) is 5.75 Å². The first kappa shape index (κ1) is 12.9. The Morgan fingerprint density at radius 2 is 2.11 bits per heavy atom. The molecule has 0 amide bonds. The minimum absolute atomic E-state index is 0.631. The summed E-state index contributed by atoms with van der Waals surface area (Å²) in [5.41, 5.74) is 2.99. The van der Waals surface area contributed by atoms with Crippen molar-refractivity contribution in [3.05, 3.63) is 29.3 Å². The maximum atomic E-state index is 5.90. The van der Waals surface area contributed by atoms with Crippen LogP contribution in [0.1, 0.15) is 43.4 Å². The van der Waals surface area contributed by atoms with Gasteiger partial charge in [-0.05, 0) is 32.3 Å². The lowest BCUT2D eigenvalue weighted by atomic mass is 9.93. The zero-order chi connectivity index (χ0) is 13.1. The van der Waals surface area contributed by atoms with Gasteiger partial charge in [0, 0.05) is 5.56 Å². The monoisotopic (exact) mass is 262 g/mol. The van der Waals surface area contributed by atoms with Crippen LogP contribution in [0.15, 0.2) is 18.2 Å². The predicted molar refractivity (Wildman–Crippen MR) is 75.4 cm³/mol. The van der Waals surface area contributed by atoms with Gasteiger partial charge < -0.3 is 15.0 Å². The lowest BCUT2D eigenvalue weighted by molar-refractivity contribution is -0.952. The predicted octanol–water partition coefficient (Wildman–Crippen LogP) is 0.272. The average Bonchev–Trinajstić information content (AvgIpc) is 2.48. The molecule has 2 heterocycles. The molecule has 19 heavy (non-hydrogen) atoms. The third-order valence-corrected chi connectivity index (χ3v) is 4.56. The van der Waals surface area contributed by atoms with E-state index in [1.165, 1.54) is 50.0 Å². The Morgan fingerprint density at radius 1 is 1.26 bits per heavy atom. The molecule has 3 rings (SSSR count). The van der Waals surface area contributed by atoms with Crippen LogP contribution in [0.2, 0.25) is 0 Å². The van der Waals surface area contributed by atoms with Crippen molar-refractivity contribution in [1.82, 2.24) is 0 Å². The second-order valence-corrected chi connectivity index (χ2v) is 5.76. The third-order valence-electron chi connectivity index (χ3n) is 4.56. The van der Waals surface area contributed by atoms with E-state index in [1.807, 2.05) is 0 Å². The van der Waals surface area contributed by atoms with Crippen LogP contribution in [0, 0.1) is 0 Å². The summed E-state index contributed by atoms with van der Waals surface area (Å²) in [6.07, 6.45) is 4.19. The Labute approximate surface area is 115 Å². The van der Waals surface area contributed by atoms with E-state index >= 15 is 0 Å². The van der Waals surface area contributed by atoms with E-state index in [0.29, 0.717) is 6.04 Å². The fourth-order valence-corrected chi connectivity index (χ4v) is 3.69. The maximum absolute atomic E-state index is 5.90.